The van der Waals surface area contributed by atoms with E-state index >= 15 is 0 Å². The minimum absolute atomic E-state index is 0.584. The quantitative estimate of drug-likeness (QED) is 0.522. The van der Waals surface area contributed by atoms with Gasteiger partial charge in [-0.15, -0.1) is 11.3 Å². The van der Waals surface area contributed by atoms with Crippen LogP contribution >= 0.6 is 11.3 Å². The molecule has 0 aliphatic carbocycles. The summed E-state index contributed by atoms with van der Waals surface area (Å²) in [5.41, 5.74) is 8.58. The summed E-state index contributed by atoms with van der Waals surface area (Å²) in [4.78, 5) is 0. The number of hydrogen-bond donors (Lipinski definition) is 1. The molecule has 98 valence electrons. The summed E-state index contributed by atoms with van der Waals surface area (Å²) in [5, 5.41) is 5.35. The van der Waals surface area contributed by atoms with E-state index in [0.717, 1.165) is 0 Å². The smallest absolute Gasteiger partial charge is 0.0439 e. The SMILES string of the molecule is Cc1cccc2cc(CN)c3c4ccccc4sc3c12. The van der Waals surface area contributed by atoms with E-state index < -0.39 is 0 Å². The van der Waals surface area contributed by atoms with Gasteiger partial charge < -0.3 is 5.73 Å². The van der Waals surface area contributed by atoms with Crippen LogP contribution in [-0.2, 0) is 6.54 Å². The molecule has 0 bridgehead atoms. The van der Waals surface area contributed by atoms with Crippen LogP contribution in [0.3, 0.4) is 0 Å². The third kappa shape index (κ3) is 1.52. The molecule has 1 nitrogen and oxygen atoms in total. The number of hydrogen-bond acceptors (Lipinski definition) is 2. The van der Waals surface area contributed by atoms with Gasteiger partial charge >= 0.3 is 0 Å². The van der Waals surface area contributed by atoms with Crippen LogP contribution in [0.5, 0.6) is 0 Å². The Labute approximate surface area is 121 Å². The normalized spacial score (nSPS) is 11.7. The number of rotatable bonds is 1. The topological polar surface area (TPSA) is 26.0 Å². The number of thiophene rings is 1. The van der Waals surface area contributed by atoms with Crippen molar-refractivity contribution in [2.75, 3.05) is 0 Å². The molecule has 2 heteroatoms. The molecule has 0 saturated carbocycles. The second-order valence-corrected chi connectivity index (χ2v) is 6.27. The van der Waals surface area contributed by atoms with Crippen molar-refractivity contribution in [2.45, 2.75) is 13.5 Å². The zero-order valence-electron chi connectivity index (χ0n) is 11.3. The largest absolute Gasteiger partial charge is 0.326 e. The van der Waals surface area contributed by atoms with Crippen molar-refractivity contribution in [3.05, 3.63) is 59.7 Å². The fourth-order valence-corrected chi connectivity index (χ4v) is 4.45. The minimum Gasteiger partial charge on any atom is -0.326 e. The van der Waals surface area contributed by atoms with Crippen molar-refractivity contribution < 1.29 is 0 Å². The lowest BCUT2D eigenvalue weighted by molar-refractivity contribution is 1.09. The van der Waals surface area contributed by atoms with Gasteiger partial charge in [0.1, 0.15) is 0 Å². The highest BCUT2D eigenvalue weighted by atomic mass is 32.1. The first kappa shape index (κ1) is 11.9. The van der Waals surface area contributed by atoms with Crippen molar-refractivity contribution >= 4 is 42.3 Å². The Balaban J connectivity index is 2.36. The number of benzene rings is 3. The summed E-state index contributed by atoms with van der Waals surface area (Å²) >= 11 is 1.88. The monoisotopic (exact) mass is 277 g/mol. The standard InChI is InChI=1S/C18H15NS/c1-11-5-4-6-12-9-13(10-19)17-14-7-2-3-8-15(14)20-18(17)16(11)12/h2-9H,10,19H2,1H3. The molecule has 1 heterocycles. The van der Waals surface area contributed by atoms with Gasteiger partial charge in [-0.3, -0.25) is 0 Å². The molecule has 1 aromatic heterocycles. The molecule has 4 aromatic rings. The van der Waals surface area contributed by atoms with Crippen molar-refractivity contribution in [1.82, 2.24) is 0 Å². The summed E-state index contributed by atoms with van der Waals surface area (Å²) in [7, 11) is 0. The molecule has 0 amide bonds. The Morgan fingerprint density at radius 1 is 1.00 bits per heavy atom. The van der Waals surface area contributed by atoms with E-state index in [0.29, 0.717) is 6.54 Å². The van der Waals surface area contributed by atoms with Gasteiger partial charge in [-0.05, 0) is 35.6 Å². The molecule has 0 atom stereocenters. The summed E-state index contributed by atoms with van der Waals surface area (Å²) in [6, 6.07) is 17.4. The highest BCUT2D eigenvalue weighted by Crippen LogP contribution is 2.41. The Kier molecular flexibility index (Phi) is 2.56. The average Bonchev–Trinajstić information content (AvgIpc) is 2.85. The lowest BCUT2D eigenvalue weighted by Crippen LogP contribution is -1.97. The van der Waals surface area contributed by atoms with Gasteiger partial charge in [-0.1, -0.05) is 36.4 Å². The second kappa shape index (κ2) is 4.30. The fraction of sp³-hybridized carbons (Fsp3) is 0.111. The van der Waals surface area contributed by atoms with Crippen molar-refractivity contribution in [3.8, 4) is 0 Å². The third-order valence-corrected chi connectivity index (χ3v) is 5.19. The summed E-state index contributed by atoms with van der Waals surface area (Å²) in [6.45, 7) is 2.77. The molecule has 20 heavy (non-hydrogen) atoms. The second-order valence-electron chi connectivity index (χ2n) is 5.22. The van der Waals surface area contributed by atoms with Crippen LogP contribution in [0.25, 0.3) is 30.9 Å². The first-order valence-electron chi connectivity index (χ1n) is 6.82. The van der Waals surface area contributed by atoms with Crippen LogP contribution in [0.1, 0.15) is 11.1 Å². The number of nitrogens with two attached hydrogens (primary N) is 1. The number of aryl methyl sites for hydroxylation is 1. The van der Waals surface area contributed by atoms with Crippen molar-refractivity contribution in [1.29, 1.82) is 0 Å². The van der Waals surface area contributed by atoms with Crippen LogP contribution in [0.2, 0.25) is 0 Å². The van der Waals surface area contributed by atoms with E-state index in [1.165, 1.54) is 42.1 Å². The predicted molar refractivity (Wildman–Crippen MR) is 89.5 cm³/mol. The molecular formula is C18H15NS. The summed E-state index contributed by atoms with van der Waals surface area (Å²) in [6.07, 6.45) is 0. The lowest BCUT2D eigenvalue weighted by Gasteiger charge is -2.08. The highest BCUT2D eigenvalue weighted by molar-refractivity contribution is 7.26. The molecular weight excluding hydrogens is 262 g/mol. The van der Waals surface area contributed by atoms with E-state index in [4.69, 9.17) is 5.73 Å². The molecule has 0 aliphatic heterocycles. The van der Waals surface area contributed by atoms with Crippen LogP contribution in [0.15, 0.2) is 48.5 Å². The maximum Gasteiger partial charge on any atom is 0.0439 e. The maximum absolute atomic E-state index is 6.00. The molecule has 0 fully saturated rings. The van der Waals surface area contributed by atoms with E-state index in [2.05, 4.69) is 55.5 Å². The van der Waals surface area contributed by atoms with Crippen LogP contribution in [0, 0.1) is 6.92 Å². The molecule has 0 radical (unpaired) electrons. The van der Waals surface area contributed by atoms with Crippen LogP contribution < -0.4 is 5.73 Å². The van der Waals surface area contributed by atoms with Gasteiger partial charge in [0, 0.05) is 32.1 Å². The highest BCUT2D eigenvalue weighted by Gasteiger charge is 2.13. The van der Waals surface area contributed by atoms with Gasteiger partial charge in [0.2, 0.25) is 0 Å². The van der Waals surface area contributed by atoms with E-state index in [1.807, 2.05) is 11.3 Å². The zero-order valence-corrected chi connectivity index (χ0v) is 12.1. The first-order valence-corrected chi connectivity index (χ1v) is 7.64. The van der Waals surface area contributed by atoms with E-state index in [9.17, 15) is 0 Å². The Morgan fingerprint density at radius 2 is 1.85 bits per heavy atom. The van der Waals surface area contributed by atoms with Gasteiger partial charge in [0.25, 0.3) is 0 Å². The Hall–Kier alpha value is -1.90. The zero-order chi connectivity index (χ0) is 13.7. The molecule has 0 saturated heterocycles. The lowest BCUT2D eigenvalue weighted by atomic mass is 9.98. The van der Waals surface area contributed by atoms with Gasteiger partial charge in [0.05, 0.1) is 0 Å². The number of fused-ring (bicyclic) bond motifs is 5. The van der Waals surface area contributed by atoms with E-state index in [1.54, 1.807) is 0 Å². The fourth-order valence-electron chi connectivity index (χ4n) is 3.08. The Morgan fingerprint density at radius 3 is 2.70 bits per heavy atom. The van der Waals surface area contributed by atoms with Gasteiger partial charge in [0.15, 0.2) is 0 Å². The molecule has 3 aromatic carbocycles. The first-order chi connectivity index (χ1) is 9.79. The minimum atomic E-state index is 0.584. The summed E-state index contributed by atoms with van der Waals surface area (Å²) < 4.78 is 2.72. The van der Waals surface area contributed by atoms with E-state index in [-0.39, 0.29) is 0 Å². The predicted octanol–water partition coefficient (Wildman–Crippen LogP) is 4.97. The molecule has 4 rings (SSSR count). The van der Waals surface area contributed by atoms with Gasteiger partial charge in [-0.25, -0.2) is 0 Å². The van der Waals surface area contributed by atoms with Crippen molar-refractivity contribution in [3.63, 3.8) is 0 Å². The Bertz CT molecular complexity index is 950. The van der Waals surface area contributed by atoms with Crippen molar-refractivity contribution in [2.24, 2.45) is 5.73 Å². The summed E-state index contributed by atoms with van der Waals surface area (Å²) in [5.74, 6) is 0. The molecule has 0 aliphatic rings. The van der Waals surface area contributed by atoms with Gasteiger partial charge in [-0.2, -0.15) is 0 Å². The average molecular weight is 277 g/mol. The van der Waals surface area contributed by atoms with Crippen LogP contribution in [0.4, 0.5) is 0 Å². The molecule has 2 N–H and O–H groups in total. The maximum atomic E-state index is 6.00. The molecule has 0 unspecified atom stereocenters. The third-order valence-electron chi connectivity index (χ3n) is 4.00. The molecule has 0 spiro atoms. The van der Waals surface area contributed by atoms with Crippen LogP contribution in [-0.4, -0.2) is 0 Å².